The van der Waals surface area contributed by atoms with E-state index in [1.54, 1.807) is 12.1 Å². The quantitative estimate of drug-likeness (QED) is 0.134. The van der Waals surface area contributed by atoms with Crippen LogP contribution in [-0.4, -0.2) is 9.55 Å². The van der Waals surface area contributed by atoms with E-state index in [-0.39, 0.29) is 38.1 Å². The maximum Gasteiger partial charge on any atom is 0.136 e. The van der Waals surface area contributed by atoms with Gasteiger partial charge in [0.15, 0.2) is 0 Å². The Balaban J connectivity index is 0.00000709. The third-order valence-electron chi connectivity index (χ3n) is 15.2. The summed E-state index contributed by atoms with van der Waals surface area (Å²) < 4.78 is 44.9. The van der Waals surface area contributed by atoms with E-state index in [0.717, 1.165) is 72.1 Å². The van der Waals surface area contributed by atoms with Crippen molar-refractivity contribution in [2.75, 3.05) is 9.80 Å². The molecule has 1 aliphatic heterocycles. The number of benzene rings is 9. The molecule has 0 unspecified atom stereocenters. The van der Waals surface area contributed by atoms with Crippen LogP contribution in [0.25, 0.3) is 82.9 Å². The van der Waals surface area contributed by atoms with E-state index in [1.165, 1.54) is 5.56 Å². The molecule has 0 fully saturated rings. The smallest absolute Gasteiger partial charge is 0.136 e. The van der Waals surface area contributed by atoms with E-state index in [0.29, 0.717) is 61.8 Å². The van der Waals surface area contributed by atoms with Gasteiger partial charge in [0.2, 0.25) is 0 Å². The van der Waals surface area contributed by atoms with Crippen molar-refractivity contribution in [2.45, 2.75) is 79.5 Å². The van der Waals surface area contributed by atoms with Crippen LogP contribution in [0.4, 0.5) is 22.7 Å². The van der Waals surface area contributed by atoms with Gasteiger partial charge in [0, 0.05) is 91.5 Å². The van der Waals surface area contributed by atoms with Crippen LogP contribution in [0, 0.1) is 35.5 Å². The molecular weight excluding hydrogens is 1190 g/mol. The van der Waals surface area contributed by atoms with Gasteiger partial charge in [0.1, 0.15) is 17.0 Å². The molecule has 9 aromatic carbocycles. The first kappa shape index (κ1) is 50.3. The zero-order chi connectivity index (χ0) is 58.6. The number of nitrogens with zero attached hydrogens (tertiary/aromatic N) is 5. The van der Waals surface area contributed by atoms with Crippen LogP contribution in [0.1, 0.15) is 88.7 Å². The van der Waals surface area contributed by atoms with E-state index in [2.05, 4.69) is 185 Å². The molecule has 0 radical (unpaired) electrons. The summed E-state index contributed by atoms with van der Waals surface area (Å²) in [5, 5.41) is 13.3. The zero-order valence-corrected chi connectivity index (χ0v) is 49.6. The number of fused-ring (bicyclic) bond motifs is 8. The molecule has 0 amide bonds. The number of hydrogen-bond donors (Lipinski definition) is 0. The molecule has 82 heavy (non-hydrogen) atoms. The van der Waals surface area contributed by atoms with Gasteiger partial charge in [-0.05, 0) is 116 Å². The Kier molecular flexibility index (Phi) is 12.7. The number of nitriles is 1. The predicted octanol–water partition coefficient (Wildman–Crippen LogP) is 19.9. The summed E-state index contributed by atoms with van der Waals surface area (Å²) in [5.74, 6) is 1.18. The van der Waals surface area contributed by atoms with Crippen molar-refractivity contribution >= 4 is 66.5 Å². The van der Waals surface area contributed by atoms with Crippen molar-refractivity contribution < 1.29 is 34.3 Å². The first-order chi connectivity index (χ1) is 40.2. The molecule has 13 rings (SSSR count). The van der Waals surface area contributed by atoms with E-state index in [4.69, 9.17) is 14.1 Å². The number of pyridine rings is 1. The van der Waals surface area contributed by atoms with Crippen LogP contribution in [-0.2, 0) is 38.3 Å². The summed E-state index contributed by atoms with van der Waals surface area (Å²) in [5.41, 5.74) is 14.0. The SMILES string of the molecule is [2H]c1nc(-n2c3[c-]c(Oc4[c-]c(N5[CH-]N(c6c(-c7ccccc7)cc(C(C)(C)C)cc6-c6ccccc6)c6ccccc65)ccc4)ccc3c3c4oc5cccc(C#N)c5c4ccc32)cc(C([2H])([2H])C(C)(C)C)c1-c1ccc(C(C)(C)C)cc1.[Pt]. The number of para-hydroxylation sites is 2. The second kappa shape index (κ2) is 20.7. The average molecular weight is 1250 g/mol. The normalized spacial score (nSPS) is 13.5. The Bertz CT molecular complexity index is 4560. The van der Waals surface area contributed by atoms with E-state index in [9.17, 15) is 9.37 Å². The summed E-state index contributed by atoms with van der Waals surface area (Å²) in [6.45, 7) is 21.1. The first-order valence-electron chi connectivity index (χ1n) is 29.1. The van der Waals surface area contributed by atoms with Gasteiger partial charge in [-0.1, -0.05) is 176 Å². The van der Waals surface area contributed by atoms with Crippen LogP contribution in [0.3, 0.4) is 0 Å². The van der Waals surface area contributed by atoms with Gasteiger partial charge in [-0.15, -0.1) is 42.7 Å². The molecule has 0 N–H and O–H groups in total. The fourth-order valence-electron chi connectivity index (χ4n) is 11.3. The summed E-state index contributed by atoms with van der Waals surface area (Å²) in [4.78, 5) is 9.52. The molecule has 3 aromatic heterocycles. The second-order valence-electron chi connectivity index (χ2n) is 24.1. The van der Waals surface area contributed by atoms with Crippen LogP contribution < -0.4 is 14.5 Å². The van der Waals surface area contributed by atoms with Gasteiger partial charge in [-0.25, -0.2) is 4.98 Å². The summed E-state index contributed by atoms with van der Waals surface area (Å²) in [7, 11) is 0. The van der Waals surface area contributed by atoms with Gasteiger partial charge in [0.05, 0.1) is 13.0 Å². The molecule has 0 atom stereocenters. The Morgan fingerprint density at radius 3 is 1.87 bits per heavy atom. The number of furan rings is 1. The maximum atomic E-state index is 10.3. The van der Waals surface area contributed by atoms with Crippen LogP contribution in [0.15, 0.2) is 199 Å². The minimum absolute atomic E-state index is 0. The van der Waals surface area contributed by atoms with Crippen LogP contribution in [0.5, 0.6) is 11.5 Å². The molecule has 12 aromatic rings. The van der Waals surface area contributed by atoms with E-state index in [1.807, 2.05) is 92.1 Å². The van der Waals surface area contributed by atoms with Gasteiger partial charge in [0.25, 0.3) is 0 Å². The van der Waals surface area contributed by atoms with Crippen molar-refractivity contribution in [2.24, 2.45) is 5.41 Å². The van der Waals surface area contributed by atoms with Crippen molar-refractivity contribution in [3.63, 3.8) is 0 Å². The number of ether oxygens (including phenoxy) is 1. The van der Waals surface area contributed by atoms with E-state index >= 15 is 0 Å². The van der Waals surface area contributed by atoms with Crippen molar-refractivity contribution in [3.05, 3.63) is 235 Å². The minimum Gasteiger partial charge on any atom is -0.509 e. The molecule has 4 heterocycles. The molecule has 0 spiro atoms. The Labute approximate surface area is 499 Å². The number of rotatable bonds is 9. The Hall–Kier alpha value is -8.69. The average Bonchev–Trinajstić information content (AvgIpc) is 1.66. The third kappa shape index (κ3) is 9.73. The number of anilines is 4. The maximum absolute atomic E-state index is 10.3. The molecular formula is C74H62N5O2Pt-3. The van der Waals surface area contributed by atoms with Gasteiger partial charge < -0.3 is 23.5 Å². The largest absolute Gasteiger partial charge is 0.509 e. The topological polar surface area (TPSA) is 70.5 Å². The molecule has 0 saturated heterocycles. The molecule has 0 aliphatic carbocycles. The zero-order valence-electron chi connectivity index (χ0n) is 50.3. The summed E-state index contributed by atoms with van der Waals surface area (Å²) >= 11 is 0. The molecule has 0 saturated carbocycles. The summed E-state index contributed by atoms with van der Waals surface area (Å²) in [6, 6.07) is 73.0. The Morgan fingerprint density at radius 1 is 0.610 bits per heavy atom. The first-order valence-corrected chi connectivity index (χ1v) is 27.6. The van der Waals surface area contributed by atoms with Crippen molar-refractivity contribution in [3.8, 4) is 56.8 Å². The molecule has 7 nitrogen and oxygen atoms in total. The fourth-order valence-corrected chi connectivity index (χ4v) is 11.3. The molecule has 0 bridgehead atoms. The number of aromatic nitrogens is 2. The van der Waals surface area contributed by atoms with Gasteiger partial charge >= 0.3 is 0 Å². The second-order valence-corrected chi connectivity index (χ2v) is 24.1. The molecule has 408 valence electrons. The minimum atomic E-state index is -1.93. The molecule has 1 aliphatic rings. The number of hydrogen-bond acceptors (Lipinski definition) is 6. The fraction of sp³-hybridized carbons (Fsp3) is 0.176. The van der Waals surface area contributed by atoms with Crippen molar-refractivity contribution in [1.82, 2.24) is 9.55 Å². The predicted molar refractivity (Wildman–Crippen MR) is 333 cm³/mol. The van der Waals surface area contributed by atoms with Crippen LogP contribution >= 0.6 is 0 Å². The molecule has 8 heteroatoms. The summed E-state index contributed by atoms with van der Waals surface area (Å²) in [6.07, 6.45) is -1.99. The van der Waals surface area contributed by atoms with E-state index < -0.39 is 11.8 Å². The van der Waals surface area contributed by atoms with Gasteiger partial charge in [-0.3, -0.25) is 0 Å². The van der Waals surface area contributed by atoms with Crippen molar-refractivity contribution in [1.29, 1.82) is 5.26 Å². The monoisotopic (exact) mass is 1250 g/mol. The Morgan fingerprint density at radius 2 is 1.22 bits per heavy atom. The van der Waals surface area contributed by atoms with Crippen LogP contribution in [0.2, 0.25) is 0 Å². The van der Waals surface area contributed by atoms with Gasteiger partial charge in [-0.2, -0.15) is 17.4 Å². The third-order valence-corrected chi connectivity index (χ3v) is 15.2. The standard InChI is InChI=1S/C74H62N5O2.Pt/c1-72(2,3)43-51-38-67(76-45-61(51)49-30-32-52(33-31-49)73(4,5)6)79-64-37-36-58-68-50(44-75)24-18-29-66(68)81-71(58)69(64)57-35-34-56(42-65(57)79)80-55-26-19-25-54(41-55)77-46-78(63-28-17-16-27-62(63)77)70-59(47-20-12-10-13-21-47)39-53(74(7,8)9)40-60(70)48-22-14-11-15-23-48;/h10-40,45-46H,43H2,1-9H3;/q-3;/i43D2,45D;.